The number of nitrogens with one attached hydrogen (secondary N) is 2. The molecule has 6 heteroatoms. The molecule has 2 rings (SSSR count). The fourth-order valence-electron chi connectivity index (χ4n) is 2.22. The van der Waals surface area contributed by atoms with Gasteiger partial charge in [-0.3, -0.25) is 4.99 Å². The molecule has 0 saturated carbocycles. The Kier molecular flexibility index (Phi) is 6.98. The SMILES string of the molecule is CCNC(=NCCc1ccn(-c2ccc(F)cc2)n1)NC(C)C(C)C. The molecule has 0 aliphatic rings. The van der Waals surface area contributed by atoms with Crippen molar-refractivity contribution in [3.63, 3.8) is 0 Å². The number of nitrogens with zero attached hydrogens (tertiary/aromatic N) is 3. The summed E-state index contributed by atoms with van der Waals surface area (Å²) in [4.78, 5) is 4.62. The maximum absolute atomic E-state index is 13.0. The molecule has 0 spiro atoms. The van der Waals surface area contributed by atoms with Crippen LogP contribution in [0.4, 0.5) is 4.39 Å². The summed E-state index contributed by atoms with van der Waals surface area (Å²) in [7, 11) is 0. The Morgan fingerprint density at radius 3 is 2.56 bits per heavy atom. The van der Waals surface area contributed by atoms with Crippen LogP contribution >= 0.6 is 0 Å². The number of hydrogen-bond donors (Lipinski definition) is 2. The number of halogens is 1. The lowest BCUT2D eigenvalue weighted by molar-refractivity contribution is 0.481. The molecule has 0 saturated heterocycles. The minimum absolute atomic E-state index is 0.246. The van der Waals surface area contributed by atoms with Crippen molar-refractivity contribution < 1.29 is 4.39 Å². The highest BCUT2D eigenvalue weighted by atomic mass is 19.1. The lowest BCUT2D eigenvalue weighted by Gasteiger charge is -2.20. The van der Waals surface area contributed by atoms with Gasteiger partial charge in [0, 0.05) is 31.7 Å². The highest BCUT2D eigenvalue weighted by Crippen LogP contribution is 2.09. The third-order valence-corrected chi connectivity index (χ3v) is 4.08. The van der Waals surface area contributed by atoms with Crippen molar-refractivity contribution in [1.29, 1.82) is 0 Å². The smallest absolute Gasteiger partial charge is 0.191 e. The Balaban J connectivity index is 1.94. The van der Waals surface area contributed by atoms with E-state index in [0.29, 0.717) is 18.5 Å². The Morgan fingerprint density at radius 1 is 1.20 bits per heavy atom. The first kappa shape index (κ1) is 19.0. The van der Waals surface area contributed by atoms with Crippen molar-refractivity contribution in [3.8, 4) is 5.69 Å². The minimum Gasteiger partial charge on any atom is -0.357 e. The molecule has 0 bridgehead atoms. The summed E-state index contributed by atoms with van der Waals surface area (Å²) in [6.07, 6.45) is 2.64. The van der Waals surface area contributed by atoms with Crippen LogP contribution in [-0.4, -0.2) is 34.9 Å². The van der Waals surface area contributed by atoms with Crippen molar-refractivity contribution in [1.82, 2.24) is 20.4 Å². The van der Waals surface area contributed by atoms with E-state index in [4.69, 9.17) is 0 Å². The van der Waals surface area contributed by atoms with Crippen LogP contribution in [0.3, 0.4) is 0 Å². The molecular formula is C19H28FN5. The molecule has 1 aromatic heterocycles. The van der Waals surface area contributed by atoms with Crippen LogP contribution in [0.1, 0.15) is 33.4 Å². The second kappa shape index (κ2) is 9.20. The van der Waals surface area contributed by atoms with Gasteiger partial charge in [0.25, 0.3) is 0 Å². The third kappa shape index (κ3) is 5.89. The van der Waals surface area contributed by atoms with Crippen LogP contribution in [0, 0.1) is 11.7 Å². The minimum atomic E-state index is -0.246. The van der Waals surface area contributed by atoms with E-state index in [9.17, 15) is 4.39 Å². The lowest BCUT2D eigenvalue weighted by Crippen LogP contribution is -2.44. The van der Waals surface area contributed by atoms with Crippen molar-refractivity contribution in [2.75, 3.05) is 13.1 Å². The van der Waals surface area contributed by atoms with E-state index in [1.54, 1.807) is 16.8 Å². The first-order chi connectivity index (χ1) is 12.0. The molecule has 0 amide bonds. The van der Waals surface area contributed by atoms with E-state index in [1.807, 2.05) is 12.3 Å². The van der Waals surface area contributed by atoms with Gasteiger partial charge in [-0.05, 0) is 50.1 Å². The first-order valence-electron chi connectivity index (χ1n) is 8.85. The number of aromatic nitrogens is 2. The molecule has 0 aliphatic heterocycles. The van der Waals surface area contributed by atoms with E-state index in [0.717, 1.165) is 30.3 Å². The summed E-state index contributed by atoms with van der Waals surface area (Å²) < 4.78 is 14.7. The fraction of sp³-hybridized carbons (Fsp3) is 0.474. The summed E-state index contributed by atoms with van der Waals surface area (Å²) >= 11 is 0. The molecule has 2 aromatic rings. The van der Waals surface area contributed by atoms with Gasteiger partial charge >= 0.3 is 0 Å². The van der Waals surface area contributed by atoms with Crippen LogP contribution in [0.2, 0.25) is 0 Å². The number of hydrogen-bond acceptors (Lipinski definition) is 2. The lowest BCUT2D eigenvalue weighted by atomic mass is 10.1. The summed E-state index contributed by atoms with van der Waals surface area (Å²) in [5, 5.41) is 11.2. The van der Waals surface area contributed by atoms with Gasteiger partial charge in [0.15, 0.2) is 5.96 Å². The summed E-state index contributed by atoms with van der Waals surface area (Å²) in [5.74, 6) is 1.13. The van der Waals surface area contributed by atoms with Gasteiger partial charge in [0.2, 0.25) is 0 Å². The molecule has 1 unspecified atom stereocenters. The zero-order chi connectivity index (χ0) is 18.2. The summed E-state index contributed by atoms with van der Waals surface area (Å²) in [5.41, 5.74) is 1.80. The maximum atomic E-state index is 13.0. The zero-order valence-electron chi connectivity index (χ0n) is 15.5. The summed E-state index contributed by atoms with van der Waals surface area (Å²) in [6, 6.07) is 8.62. The van der Waals surface area contributed by atoms with Gasteiger partial charge < -0.3 is 10.6 Å². The van der Waals surface area contributed by atoms with Gasteiger partial charge in [0.05, 0.1) is 11.4 Å². The van der Waals surface area contributed by atoms with Crippen molar-refractivity contribution >= 4 is 5.96 Å². The number of aliphatic imine (C=N–C) groups is 1. The van der Waals surface area contributed by atoms with Gasteiger partial charge in [-0.25, -0.2) is 9.07 Å². The van der Waals surface area contributed by atoms with E-state index >= 15 is 0 Å². The Bertz CT molecular complexity index is 675. The number of rotatable bonds is 7. The van der Waals surface area contributed by atoms with Crippen LogP contribution in [0.15, 0.2) is 41.5 Å². The molecule has 25 heavy (non-hydrogen) atoms. The van der Waals surface area contributed by atoms with Crippen LogP contribution in [0.5, 0.6) is 0 Å². The first-order valence-corrected chi connectivity index (χ1v) is 8.85. The molecule has 0 radical (unpaired) electrons. The predicted molar refractivity (Wildman–Crippen MR) is 101 cm³/mol. The van der Waals surface area contributed by atoms with E-state index in [-0.39, 0.29) is 5.82 Å². The van der Waals surface area contributed by atoms with E-state index < -0.39 is 0 Å². The molecule has 1 heterocycles. The quantitative estimate of drug-likeness (QED) is 0.599. The fourth-order valence-corrected chi connectivity index (χ4v) is 2.22. The topological polar surface area (TPSA) is 54.2 Å². The zero-order valence-corrected chi connectivity index (χ0v) is 15.5. The molecule has 1 aromatic carbocycles. The van der Waals surface area contributed by atoms with Crippen LogP contribution in [-0.2, 0) is 6.42 Å². The predicted octanol–water partition coefficient (Wildman–Crippen LogP) is 3.15. The third-order valence-electron chi connectivity index (χ3n) is 4.08. The van der Waals surface area contributed by atoms with Gasteiger partial charge in [-0.15, -0.1) is 0 Å². The Hall–Kier alpha value is -2.37. The Labute approximate surface area is 149 Å². The number of guanidine groups is 1. The van der Waals surface area contributed by atoms with Crippen LogP contribution in [0.25, 0.3) is 5.69 Å². The van der Waals surface area contributed by atoms with Crippen LogP contribution < -0.4 is 10.6 Å². The highest BCUT2D eigenvalue weighted by Gasteiger charge is 2.08. The molecular weight excluding hydrogens is 317 g/mol. The average Bonchev–Trinajstić information content (AvgIpc) is 3.04. The van der Waals surface area contributed by atoms with Gasteiger partial charge in [-0.1, -0.05) is 13.8 Å². The second-order valence-electron chi connectivity index (χ2n) is 6.42. The monoisotopic (exact) mass is 345 g/mol. The highest BCUT2D eigenvalue weighted by molar-refractivity contribution is 5.80. The normalized spacial score (nSPS) is 13.1. The summed E-state index contributed by atoms with van der Waals surface area (Å²) in [6.45, 7) is 10.1. The molecule has 2 N–H and O–H groups in total. The van der Waals surface area contributed by atoms with Crippen molar-refractivity contribution in [2.45, 2.75) is 40.2 Å². The molecule has 1 atom stereocenters. The largest absolute Gasteiger partial charge is 0.357 e. The number of benzene rings is 1. The van der Waals surface area contributed by atoms with Crippen molar-refractivity contribution in [2.24, 2.45) is 10.9 Å². The second-order valence-corrected chi connectivity index (χ2v) is 6.42. The van der Waals surface area contributed by atoms with E-state index in [2.05, 4.69) is 48.4 Å². The average molecular weight is 345 g/mol. The van der Waals surface area contributed by atoms with Gasteiger partial charge in [0.1, 0.15) is 5.82 Å². The Morgan fingerprint density at radius 2 is 1.92 bits per heavy atom. The molecule has 0 aliphatic carbocycles. The van der Waals surface area contributed by atoms with E-state index in [1.165, 1.54) is 12.1 Å². The van der Waals surface area contributed by atoms with Gasteiger partial charge in [-0.2, -0.15) is 5.10 Å². The molecule has 5 nitrogen and oxygen atoms in total. The van der Waals surface area contributed by atoms with Crippen molar-refractivity contribution in [3.05, 3.63) is 48.0 Å². The standard InChI is InChI=1S/C19H28FN5/c1-5-21-19(23-15(4)14(2)3)22-12-10-17-11-13-25(24-17)18-8-6-16(20)7-9-18/h6-9,11,13-15H,5,10,12H2,1-4H3,(H2,21,22,23). The maximum Gasteiger partial charge on any atom is 0.191 e. The molecule has 136 valence electrons. The molecule has 0 fully saturated rings.